The number of pyridine rings is 1. The number of rotatable bonds is 3. The Morgan fingerprint density at radius 1 is 1.39 bits per heavy atom. The van der Waals surface area contributed by atoms with Crippen molar-refractivity contribution in [1.29, 1.82) is 0 Å². The van der Waals surface area contributed by atoms with Crippen molar-refractivity contribution in [1.82, 2.24) is 14.8 Å². The molecule has 2 N–H and O–H groups in total. The molecular formula is C14H24N4. The fourth-order valence-corrected chi connectivity index (χ4v) is 2.72. The molecule has 1 aliphatic rings. The molecule has 1 saturated heterocycles. The number of hydrogen-bond donors (Lipinski definition) is 1. The van der Waals surface area contributed by atoms with E-state index in [0.717, 1.165) is 26.2 Å². The maximum absolute atomic E-state index is 5.86. The van der Waals surface area contributed by atoms with Crippen molar-refractivity contribution in [2.75, 3.05) is 26.7 Å². The Morgan fingerprint density at radius 3 is 2.67 bits per heavy atom. The molecule has 0 radical (unpaired) electrons. The van der Waals surface area contributed by atoms with E-state index in [-0.39, 0.29) is 5.54 Å². The Kier molecular flexibility index (Phi) is 4.00. The lowest BCUT2D eigenvalue weighted by atomic mass is 9.95. The first-order chi connectivity index (χ1) is 8.53. The number of hydrogen-bond acceptors (Lipinski definition) is 4. The molecule has 1 unspecified atom stereocenters. The number of nitrogens with two attached hydrogens (primary N) is 1. The largest absolute Gasteiger partial charge is 0.329 e. The van der Waals surface area contributed by atoms with Gasteiger partial charge in [-0.1, -0.05) is 0 Å². The first-order valence-electron chi connectivity index (χ1n) is 6.57. The molecule has 1 aliphatic heterocycles. The zero-order valence-corrected chi connectivity index (χ0v) is 11.6. The lowest BCUT2D eigenvalue weighted by Gasteiger charge is -2.50. The van der Waals surface area contributed by atoms with Gasteiger partial charge in [-0.15, -0.1) is 0 Å². The molecule has 4 nitrogen and oxygen atoms in total. The molecule has 1 aromatic rings. The van der Waals surface area contributed by atoms with Crippen molar-refractivity contribution in [2.24, 2.45) is 5.73 Å². The van der Waals surface area contributed by atoms with Crippen LogP contribution in [0.3, 0.4) is 0 Å². The Hall–Kier alpha value is -0.970. The van der Waals surface area contributed by atoms with E-state index in [0.29, 0.717) is 6.04 Å². The van der Waals surface area contributed by atoms with Crippen LogP contribution in [0.15, 0.2) is 24.5 Å². The van der Waals surface area contributed by atoms with Gasteiger partial charge in [-0.25, -0.2) is 0 Å². The van der Waals surface area contributed by atoms with Crippen LogP contribution >= 0.6 is 0 Å². The summed E-state index contributed by atoms with van der Waals surface area (Å²) in [6.07, 6.45) is 3.72. The highest BCUT2D eigenvalue weighted by Crippen LogP contribution is 2.24. The minimum absolute atomic E-state index is 0.184. The van der Waals surface area contributed by atoms with Gasteiger partial charge >= 0.3 is 0 Å². The SMILES string of the molecule is CN1CC(C)(C)N(Cc2ccncc2)CC1CN. The number of aromatic nitrogens is 1. The topological polar surface area (TPSA) is 45.4 Å². The van der Waals surface area contributed by atoms with Crippen molar-refractivity contribution >= 4 is 0 Å². The fraction of sp³-hybridized carbons (Fsp3) is 0.643. The van der Waals surface area contributed by atoms with Gasteiger partial charge in [0.2, 0.25) is 0 Å². The molecule has 1 aromatic heterocycles. The van der Waals surface area contributed by atoms with Crippen LogP contribution in [-0.4, -0.2) is 53.0 Å². The highest BCUT2D eigenvalue weighted by molar-refractivity contribution is 5.11. The minimum atomic E-state index is 0.184. The highest BCUT2D eigenvalue weighted by atomic mass is 15.3. The second-order valence-corrected chi connectivity index (χ2v) is 5.85. The van der Waals surface area contributed by atoms with Gasteiger partial charge in [0.1, 0.15) is 0 Å². The summed E-state index contributed by atoms with van der Waals surface area (Å²) in [4.78, 5) is 8.98. The van der Waals surface area contributed by atoms with Crippen molar-refractivity contribution in [3.05, 3.63) is 30.1 Å². The van der Waals surface area contributed by atoms with E-state index in [4.69, 9.17) is 5.73 Å². The van der Waals surface area contributed by atoms with Gasteiger partial charge in [0.05, 0.1) is 0 Å². The van der Waals surface area contributed by atoms with E-state index >= 15 is 0 Å². The standard InChI is InChI=1S/C14H24N4/c1-14(2)11-17(3)13(8-15)10-18(14)9-12-4-6-16-7-5-12/h4-7,13H,8-11,15H2,1-3H3. The first-order valence-corrected chi connectivity index (χ1v) is 6.57. The van der Waals surface area contributed by atoms with E-state index in [1.54, 1.807) is 0 Å². The van der Waals surface area contributed by atoms with Crippen LogP contribution in [0.2, 0.25) is 0 Å². The summed E-state index contributed by atoms with van der Waals surface area (Å²) < 4.78 is 0. The van der Waals surface area contributed by atoms with Crippen LogP contribution in [0.1, 0.15) is 19.4 Å². The van der Waals surface area contributed by atoms with Gasteiger partial charge in [-0.3, -0.25) is 14.8 Å². The molecule has 4 heteroatoms. The van der Waals surface area contributed by atoms with Gasteiger partial charge in [0, 0.05) is 50.2 Å². The van der Waals surface area contributed by atoms with Gasteiger partial charge < -0.3 is 5.73 Å². The molecule has 0 bridgehead atoms. The second kappa shape index (κ2) is 5.34. The average molecular weight is 248 g/mol. The average Bonchev–Trinajstić information content (AvgIpc) is 2.33. The van der Waals surface area contributed by atoms with Crippen LogP contribution in [0, 0.1) is 0 Å². The van der Waals surface area contributed by atoms with Crippen LogP contribution < -0.4 is 5.73 Å². The third-order valence-corrected chi connectivity index (χ3v) is 3.94. The summed E-state index contributed by atoms with van der Waals surface area (Å²) in [6, 6.07) is 4.64. The molecule has 0 aliphatic carbocycles. The molecular weight excluding hydrogens is 224 g/mol. The molecule has 100 valence electrons. The third-order valence-electron chi connectivity index (χ3n) is 3.94. The summed E-state index contributed by atoms with van der Waals surface area (Å²) in [5, 5.41) is 0. The van der Waals surface area contributed by atoms with E-state index in [9.17, 15) is 0 Å². The summed E-state index contributed by atoms with van der Waals surface area (Å²) in [6.45, 7) is 8.39. The monoisotopic (exact) mass is 248 g/mol. The third kappa shape index (κ3) is 2.88. The van der Waals surface area contributed by atoms with Crippen LogP contribution in [0.25, 0.3) is 0 Å². The molecule has 0 amide bonds. The normalized spacial score (nSPS) is 25.2. The van der Waals surface area contributed by atoms with E-state index in [1.807, 2.05) is 12.4 Å². The van der Waals surface area contributed by atoms with Crippen molar-refractivity contribution < 1.29 is 0 Å². The summed E-state index contributed by atoms with van der Waals surface area (Å²) >= 11 is 0. The predicted molar refractivity (Wildman–Crippen MR) is 74.2 cm³/mol. The van der Waals surface area contributed by atoms with Crippen LogP contribution in [-0.2, 0) is 6.54 Å². The zero-order chi connectivity index (χ0) is 13.2. The predicted octanol–water partition coefficient (Wildman–Crippen LogP) is 0.935. The zero-order valence-electron chi connectivity index (χ0n) is 11.6. The quantitative estimate of drug-likeness (QED) is 0.864. The maximum Gasteiger partial charge on any atom is 0.0343 e. The lowest BCUT2D eigenvalue weighted by Crippen LogP contribution is -2.63. The molecule has 1 fully saturated rings. The molecule has 18 heavy (non-hydrogen) atoms. The highest BCUT2D eigenvalue weighted by Gasteiger charge is 2.36. The number of piperazine rings is 1. The minimum Gasteiger partial charge on any atom is -0.329 e. The Balaban J connectivity index is 2.10. The van der Waals surface area contributed by atoms with Crippen molar-refractivity contribution in [2.45, 2.75) is 32.0 Å². The molecule has 0 saturated carbocycles. The van der Waals surface area contributed by atoms with Crippen molar-refractivity contribution in [3.8, 4) is 0 Å². The second-order valence-electron chi connectivity index (χ2n) is 5.85. The smallest absolute Gasteiger partial charge is 0.0343 e. The molecule has 0 spiro atoms. The Bertz CT molecular complexity index is 377. The summed E-state index contributed by atoms with van der Waals surface area (Å²) in [7, 11) is 2.17. The van der Waals surface area contributed by atoms with Gasteiger partial charge in [-0.2, -0.15) is 0 Å². The Morgan fingerprint density at radius 2 is 2.06 bits per heavy atom. The van der Waals surface area contributed by atoms with Gasteiger partial charge in [0.25, 0.3) is 0 Å². The van der Waals surface area contributed by atoms with Crippen LogP contribution in [0.4, 0.5) is 0 Å². The maximum atomic E-state index is 5.86. The van der Waals surface area contributed by atoms with Crippen LogP contribution in [0.5, 0.6) is 0 Å². The summed E-state index contributed by atoms with van der Waals surface area (Å²) in [5.74, 6) is 0. The Labute approximate surface area is 110 Å². The fourth-order valence-electron chi connectivity index (χ4n) is 2.72. The number of likely N-dealkylation sites (N-methyl/N-ethyl adjacent to an activating group) is 1. The van der Waals surface area contributed by atoms with Gasteiger partial charge in [0.15, 0.2) is 0 Å². The van der Waals surface area contributed by atoms with Crippen molar-refractivity contribution in [3.63, 3.8) is 0 Å². The van der Waals surface area contributed by atoms with E-state index < -0.39 is 0 Å². The van der Waals surface area contributed by atoms with E-state index in [1.165, 1.54) is 5.56 Å². The first kappa shape index (κ1) is 13.5. The molecule has 1 atom stereocenters. The van der Waals surface area contributed by atoms with Gasteiger partial charge in [-0.05, 0) is 38.6 Å². The molecule has 2 heterocycles. The molecule has 2 rings (SSSR count). The summed E-state index contributed by atoms with van der Waals surface area (Å²) in [5.41, 5.74) is 7.36. The van der Waals surface area contributed by atoms with E-state index in [2.05, 4.69) is 47.8 Å². The number of nitrogens with zero attached hydrogens (tertiary/aromatic N) is 3. The lowest BCUT2D eigenvalue weighted by molar-refractivity contribution is -0.00759. The molecule has 0 aromatic carbocycles.